The smallest absolute Gasteiger partial charge is 0.318 e. The van der Waals surface area contributed by atoms with Crippen LogP contribution in [0.5, 0.6) is 0 Å². The van der Waals surface area contributed by atoms with Gasteiger partial charge in [0.05, 0.1) is 0 Å². The van der Waals surface area contributed by atoms with Gasteiger partial charge in [-0.05, 0) is 37.6 Å². The molecule has 5 nitrogen and oxygen atoms in total. The molecule has 0 fully saturated rings. The number of hydrogen-bond donors (Lipinski definition) is 3. The fraction of sp³-hybridized carbons (Fsp3) is 0.273. The maximum atomic E-state index is 11.4. The van der Waals surface area contributed by atoms with Crippen LogP contribution < -0.4 is 16.4 Å². The number of aryl methyl sites for hydroxylation is 1. The molecule has 0 saturated carbocycles. The first kappa shape index (κ1) is 13.5. The summed E-state index contributed by atoms with van der Waals surface area (Å²) in [6.07, 6.45) is 0. The quantitative estimate of drug-likeness (QED) is 0.795. The number of nitrogens with two attached hydrogens (primary N) is 1. The minimum absolute atomic E-state index is 0.460. The lowest BCUT2D eigenvalue weighted by molar-refractivity contribution is -0.120. The Morgan fingerprint density at radius 2 is 2.06 bits per heavy atom. The molecule has 0 aliphatic rings. The molecule has 0 aliphatic carbocycles. The predicted molar refractivity (Wildman–Crippen MR) is 69.7 cm³/mol. The summed E-state index contributed by atoms with van der Waals surface area (Å²) in [6, 6.07) is 4.23. The SMILES string of the molecule is Cc1cc(N[C@H](C)C(=O)NC(N)=O)ccc1Br. The summed E-state index contributed by atoms with van der Waals surface area (Å²) in [5.74, 6) is -0.460. The number of imide groups is 1. The number of rotatable bonds is 3. The van der Waals surface area contributed by atoms with Gasteiger partial charge in [-0.15, -0.1) is 0 Å². The van der Waals surface area contributed by atoms with Crippen LogP contribution in [0.25, 0.3) is 0 Å². The summed E-state index contributed by atoms with van der Waals surface area (Å²) in [7, 11) is 0. The van der Waals surface area contributed by atoms with E-state index in [1.807, 2.05) is 30.4 Å². The van der Waals surface area contributed by atoms with Crippen molar-refractivity contribution in [2.24, 2.45) is 5.73 Å². The Balaban J connectivity index is 2.67. The Hall–Kier alpha value is -1.56. The molecule has 0 saturated heterocycles. The highest BCUT2D eigenvalue weighted by Gasteiger charge is 2.14. The topological polar surface area (TPSA) is 84.2 Å². The molecule has 0 bridgehead atoms. The molecular formula is C11H14BrN3O2. The largest absolute Gasteiger partial charge is 0.374 e. The Morgan fingerprint density at radius 3 is 2.59 bits per heavy atom. The lowest BCUT2D eigenvalue weighted by Crippen LogP contribution is -2.43. The first-order valence-electron chi connectivity index (χ1n) is 5.03. The van der Waals surface area contributed by atoms with Crippen molar-refractivity contribution in [3.8, 4) is 0 Å². The highest BCUT2D eigenvalue weighted by molar-refractivity contribution is 9.10. The molecule has 0 aliphatic heterocycles. The van der Waals surface area contributed by atoms with E-state index >= 15 is 0 Å². The van der Waals surface area contributed by atoms with Gasteiger partial charge in [0.25, 0.3) is 0 Å². The lowest BCUT2D eigenvalue weighted by atomic mass is 10.2. The van der Waals surface area contributed by atoms with Crippen molar-refractivity contribution in [1.29, 1.82) is 0 Å². The van der Waals surface area contributed by atoms with Crippen LogP contribution in [0.15, 0.2) is 22.7 Å². The van der Waals surface area contributed by atoms with Crippen LogP contribution in [0.4, 0.5) is 10.5 Å². The third-order valence-corrected chi connectivity index (χ3v) is 3.07. The minimum Gasteiger partial charge on any atom is -0.374 e. The molecule has 6 heteroatoms. The number of carbonyl (C=O) groups excluding carboxylic acids is 2. The summed E-state index contributed by atoms with van der Waals surface area (Å²) in [6.45, 7) is 3.60. The van der Waals surface area contributed by atoms with Gasteiger partial charge in [0.15, 0.2) is 0 Å². The summed E-state index contributed by atoms with van der Waals surface area (Å²) < 4.78 is 0.997. The van der Waals surface area contributed by atoms with Crippen LogP contribution in [0.1, 0.15) is 12.5 Å². The van der Waals surface area contributed by atoms with Crippen molar-refractivity contribution >= 4 is 33.6 Å². The van der Waals surface area contributed by atoms with Gasteiger partial charge in [-0.25, -0.2) is 4.79 Å². The molecule has 92 valence electrons. The van der Waals surface area contributed by atoms with E-state index < -0.39 is 18.0 Å². The van der Waals surface area contributed by atoms with E-state index in [0.29, 0.717) is 0 Å². The zero-order valence-corrected chi connectivity index (χ0v) is 11.2. The summed E-state index contributed by atoms with van der Waals surface area (Å²) in [4.78, 5) is 21.9. The molecule has 0 heterocycles. The number of benzene rings is 1. The molecule has 0 unspecified atom stereocenters. The van der Waals surface area contributed by atoms with Gasteiger partial charge in [-0.1, -0.05) is 15.9 Å². The van der Waals surface area contributed by atoms with Crippen LogP contribution in [0.2, 0.25) is 0 Å². The average Bonchev–Trinajstić information content (AvgIpc) is 2.22. The van der Waals surface area contributed by atoms with Crippen LogP contribution in [-0.2, 0) is 4.79 Å². The zero-order valence-electron chi connectivity index (χ0n) is 9.58. The molecule has 17 heavy (non-hydrogen) atoms. The second-order valence-electron chi connectivity index (χ2n) is 3.68. The molecule has 1 aromatic carbocycles. The molecule has 4 N–H and O–H groups in total. The molecule has 1 rings (SSSR count). The number of anilines is 1. The van der Waals surface area contributed by atoms with Crippen LogP contribution >= 0.6 is 15.9 Å². The van der Waals surface area contributed by atoms with E-state index in [1.54, 1.807) is 6.92 Å². The second-order valence-corrected chi connectivity index (χ2v) is 4.54. The normalized spacial score (nSPS) is 11.7. The molecule has 1 aromatic rings. The van der Waals surface area contributed by atoms with Crippen molar-refractivity contribution in [2.45, 2.75) is 19.9 Å². The first-order valence-corrected chi connectivity index (χ1v) is 5.82. The highest BCUT2D eigenvalue weighted by Crippen LogP contribution is 2.20. The van der Waals surface area contributed by atoms with Crippen molar-refractivity contribution in [3.63, 3.8) is 0 Å². The first-order chi connectivity index (χ1) is 7.90. The molecule has 1 atom stereocenters. The third kappa shape index (κ3) is 4.07. The molecule has 0 radical (unpaired) electrons. The number of amides is 3. The molecule has 0 aromatic heterocycles. The van der Waals surface area contributed by atoms with Crippen molar-refractivity contribution in [2.75, 3.05) is 5.32 Å². The monoisotopic (exact) mass is 299 g/mol. The van der Waals surface area contributed by atoms with Gasteiger partial charge >= 0.3 is 6.03 Å². The van der Waals surface area contributed by atoms with E-state index in [4.69, 9.17) is 5.73 Å². The van der Waals surface area contributed by atoms with Gasteiger partial charge < -0.3 is 11.1 Å². The Kier molecular flexibility index (Phi) is 4.51. The number of urea groups is 1. The fourth-order valence-corrected chi connectivity index (χ4v) is 1.53. The van der Waals surface area contributed by atoms with Crippen molar-refractivity contribution in [1.82, 2.24) is 5.32 Å². The maximum absolute atomic E-state index is 11.4. The van der Waals surface area contributed by atoms with E-state index in [1.165, 1.54) is 0 Å². The van der Waals surface area contributed by atoms with Gasteiger partial charge in [0, 0.05) is 10.2 Å². The lowest BCUT2D eigenvalue weighted by Gasteiger charge is -2.14. The number of hydrogen-bond acceptors (Lipinski definition) is 3. The Labute approximate surface area is 108 Å². The van der Waals surface area contributed by atoms with Gasteiger partial charge in [-0.2, -0.15) is 0 Å². The second kappa shape index (κ2) is 5.67. The number of primary amides is 1. The predicted octanol–water partition coefficient (Wildman–Crippen LogP) is 1.75. The van der Waals surface area contributed by atoms with Crippen LogP contribution in [0, 0.1) is 6.92 Å². The average molecular weight is 300 g/mol. The van der Waals surface area contributed by atoms with Crippen LogP contribution in [0.3, 0.4) is 0 Å². The third-order valence-electron chi connectivity index (χ3n) is 2.18. The van der Waals surface area contributed by atoms with Crippen molar-refractivity contribution < 1.29 is 9.59 Å². The fourth-order valence-electron chi connectivity index (χ4n) is 1.28. The summed E-state index contributed by atoms with van der Waals surface area (Å²) in [5, 5.41) is 4.99. The Bertz CT molecular complexity index is 448. The number of nitrogens with one attached hydrogen (secondary N) is 2. The van der Waals surface area contributed by atoms with Gasteiger partial charge in [-0.3, -0.25) is 10.1 Å². The van der Waals surface area contributed by atoms with E-state index in [2.05, 4.69) is 21.2 Å². The number of carbonyl (C=O) groups is 2. The Morgan fingerprint density at radius 1 is 1.41 bits per heavy atom. The highest BCUT2D eigenvalue weighted by atomic mass is 79.9. The minimum atomic E-state index is -0.851. The summed E-state index contributed by atoms with van der Waals surface area (Å²) >= 11 is 3.39. The van der Waals surface area contributed by atoms with Gasteiger partial charge in [0.1, 0.15) is 6.04 Å². The summed E-state index contributed by atoms with van der Waals surface area (Å²) in [5.41, 5.74) is 6.72. The van der Waals surface area contributed by atoms with Crippen LogP contribution in [-0.4, -0.2) is 18.0 Å². The van der Waals surface area contributed by atoms with E-state index in [0.717, 1.165) is 15.7 Å². The van der Waals surface area contributed by atoms with Crippen molar-refractivity contribution in [3.05, 3.63) is 28.2 Å². The van der Waals surface area contributed by atoms with E-state index in [9.17, 15) is 9.59 Å². The maximum Gasteiger partial charge on any atom is 0.318 e. The molecular weight excluding hydrogens is 286 g/mol. The molecule has 3 amide bonds. The van der Waals surface area contributed by atoms with E-state index in [-0.39, 0.29) is 0 Å². The van der Waals surface area contributed by atoms with Gasteiger partial charge in [0.2, 0.25) is 5.91 Å². The molecule has 0 spiro atoms. The zero-order chi connectivity index (χ0) is 13.0. The standard InChI is InChI=1S/C11H14BrN3O2/c1-6-5-8(3-4-9(6)12)14-7(2)10(16)15-11(13)17/h3-5,7,14H,1-2H3,(H3,13,15,16,17)/t7-/m1/s1. The number of halogens is 1.